The van der Waals surface area contributed by atoms with Crippen LogP contribution in [0.1, 0.15) is 11.6 Å². The Morgan fingerprint density at radius 2 is 1.68 bits per heavy atom. The molecule has 1 aromatic rings. The first kappa shape index (κ1) is 14.3. The topological polar surface area (TPSA) is 3.24 Å². The third-order valence-electron chi connectivity index (χ3n) is 3.86. The first-order valence-electron chi connectivity index (χ1n) is 7.01. The lowest BCUT2D eigenvalue weighted by molar-refractivity contribution is 0.264. The van der Waals surface area contributed by atoms with Crippen molar-refractivity contribution in [3.8, 4) is 0 Å². The minimum Gasteiger partial charge on any atom is -0.301 e. The summed E-state index contributed by atoms with van der Waals surface area (Å²) in [6.45, 7) is 7.32. The Morgan fingerprint density at radius 1 is 1.05 bits per heavy atom. The summed E-state index contributed by atoms with van der Waals surface area (Å²) < 4.78 is 0. The highest BCUT2D eigenvalue weighted by Gasteiger charge is 2.34. The molecular formula is C17H25NSi. The molecule has 0 aromatic heterocycles. The van der Waals surface area contributed by atoms with Crippen molar-refractivity contribution in [1.29, 1.82) is 0 Å². The molecule has 1 aromatic carbocycles. The van der Waals surface area contributed by atoms with Crippen LogP contribution in [0.15, 0.2) is 53.8 Å². The summed E-state index contributed by atoms with van der Waals surface area (Å²) in [6.07, 6.45) is 6.99. The lowest BCUT2D eigenvalue weighted by Gasteiger charge is -2.35. The molecule has 0 amide bonds. The molecule has 0 spiro atoms. The molecule has 0 fully saturated rings. The Kier molecular flexibility index (Phi) is 4.12. The zero-order valence-corrected chi connectivity index (χ0v) is 13.7. The molecule has 1 aliphatic rings. The molecule has 1 aliphatic carbocycles. The molecule has 2 heteroatoms. The first-order valence-corrected chi connectivity index (χ1v) is 10.5. The van der Waals surface area contributed by atoms with Crippen molar-refractivity contribution in [2.75, 3.05) is 14.1 Å². The third kappa shape index (κ3) is 3.07. The quantitative estimate of drug-likeness (QED) is 0.739. The zero-order valence-electron chi connectivity index (χ0n) is 12.7. The summed E-state index contributed by atoms with van der Waals surface area (Å²) in [7, 11) is 3.12. The van der Waals surface area contributed by atoms with Crippen molar-refractivity contribution >= 4 is 8.07 Å². The van der Waals surface area contributed by atoms with E-state index in [4.69, 9.17) is 0 Å². The van der Waals surface area contributed by atoms with E-state index in [1.807, 2.05) is 0 Å². The van der Waals surface area contributed by atoms with Gasteiger partial charge in [0.15, 0.2) is 0 Å². The normalized spacial score (nSPS) is 20.7. The summed E-state index contributed by atoms with van der Waals surface area (Å²) in [5.41, 5.74) is 1.41. The molecule has 102 valence electrons. The molecule has 0 saturated carbocycles. The van der Waals surface area contributed by atoms with Gasteiger partial charge in [0.25, 0.3) is 0 Å². The minimum absolute atomic E-state index is 0.443. The van der Waals surface area contributed by atoms with Crippen molar-refractivity contribution in [3.05, 3.63) is 59.3 Å². The fourth-order valence-corrected chi connectivity index (χ4v) is 4.85. The van der Waals surface area contributed by atoms with E-state index in [0.29, 0.717) is 12.0 Å². The van der Waals surface area contributed by atoms with Gasteiger partial charge in [0.1, 0.15) is 0 Å². The number of rotatable bonds is 4. The van der Waals surface area contributed by atoms with E-state index in [9.17, 15) is 0 Å². The van der Waals surface area contributed by atoms with Crippen LogP contribution in [0.5, 0.6) is 0 Å². The van der Waals surface area contributed by atoms with E-state index < -0.39 is 8.07 Å². The molecule has 0 heterocycles. The number of allylic oxidation sites excluding steroid dienone is 2. The predicted octanol–water partition coefficient (Wildman–Crippen LogP) is 4.28. The van der Waals surface area contributed by atoms with Gasteiger partial charge in [0, 0.05) is 12.0 Å². The molecule has 19 heavy (non-hydrogen) atoms. The smallest absolute Gasteiger partial charge is 0.0733 e. The maximum atomic E-state index is 2.44. The van der Waals surface area contributed by atoms with Crippen molar-refractivity contribution in [2.45, 2.75) is 25.7 Å². The minimum atomic E-state index is -1.26. The van der Waals surface area contributed by atoms with Gasteiger partial charge in [-0.15, -0.1) is 0 Å². The van der Waals surface area contributed by atoms with Crippen LogP contribution in [0.25, 0.3) is 0 Å². The second-order valence-corrected chi connectivity index (χ2v) is 11.7. The van der Waals surface area contributed by atoms with Crippen LogP contribution in [-0.4, -0.2) is 27.1 Å². The molecular weight excluding hydrogens is 246 g/mol. The Morgan fingerprint density at radius 3 is 2.21 bits per heavy atom. The molecule has 2 atom stereocenters. The molecule has 1 nitrogen and oxygen atoms in total. The molecule has 0 saturated heterocycles. The van der Waals surface area contributed by atoms with Crippen LogP contribution in [0.2, 0.25) is 19.6 Å². The fraction of sp³-hybridized carbons (Fsp3) is 0.412. The third-order valence-corrected chi connectivity index (χ3v) is 6.09. The van der Waals surface area contributed by atoms with Crippen molar-refractivity contribution in [2.24, 2.45) is 5.92 Å². The lowest BCUT2D eigenvalue weighted by atomic mass is 9.93. The van der Waals surface area contributed by atoms with E-state index in [1.165, 1.54) is 5.56 Å². The average molecular weight is 271 g/mol. The van der Waals surface area contributed by atoms with Gasteiger partial charge in [0.2, 0.25) is 0 Å². The van der Waals surface area contributed by atoms with E-state index >= 15 is 0 Å². The molecule has 1 unspecified atom stereocenters. The van der Waals surface area contributed by atoms with Gasteiger partial charge in [-0.1, -0.05) is 73.4 Å². The van der Waals surface area contributed by atoms with E-state index in [1.54, 1.807) is 5.20 Å². The van der Waals surface area contributed by atoms with Crippen LogP contribution in [-0.2, 0) is 0 Å². The van der Waals surface area contributed by atoms with Crippen LogP contribution >= 0.6 is 0 Å². The predicted molar refractivity (Wildman–Crippen MR) is 86.9 cm³/mol. The Balaban J connectivity index is 2.37. The van der Waals surface area contributed by atoms with Crippen molar-refractivity contribution < 1.29 is 0 Å². The highest BCUT2D eigenvalue weighted by molar-refractivity contribution is 6.83. The Hall–Kier alpha value is -1.12. The second kappa shape index (κ2) is 5.47. The average Bonchev–Trinajstić information content (AvgIpc) is 2.79. The van der Waals surface area contributed by atoms with Crippen LogP contribution in [0.4, 0.5) is 0 Å². The number of benzene rings is 1. The SMILES string of the molecule is CN(C)[C@@H](c1ccccc1)C1C=CC=C1[Si](C)(C)C. The molecule has 0 bridgehead atoms. The lowest BCUT2D eigenvalue weighted by Crippen LogP contribution is -2.34. The van der Waals surface area contributed by atoms with Gasteiger partial charge in [0.05, 0.1) is 8.07 Å². The highest BCUT2D eigenvalue weighted by atomic mass is 28.3. The molecule has 2 rings (SSSR count). The number of hydrogen-bond acceptors (Lipinski definition) is 1. The number of nitrogens with zero attached hydrogens (tertiary/aromatic N) is 1. The highest BCUT2D eigenvalue weighted by Crippen LogP contribution is 2.39. The summed E-state index contributed by atoms with van der Waals surface area (Å²) in [5, 5.41) is 1.66. The molecule has 0 aliphatic heterocycles. The van der Waals surface area contributed by atoms with Crippen molar-refractivity contribution in [3.63, 3.8) is 0 Å². The summed E-state index contributed by atoms with van der Waals surface area (Å²) in [6, 6.07) is 11.3. The second-order valence-electron chi connectivity index (χ2n) is 6.60. The first-order chi connectivity index (χ1) is 8.91. The molecule has 0 N–H and O–H groups in total. The Bertz CT molecular complexity index is 480. The maximum absolute atomic E-state index is 2.44. The summed E-state index contributed by atoms with van der Waals surface area (Å²) >= 11 is 0. The summed E-state index contributed by atoms with van der Waals surface area (Å²) in [4.78, 5) is 2.35. The van der Waals surface area contributed by atoms with Crippen LogP contribution < -0.4 is 0 Å². The largest absolute Gasteiger partial charge is 0.301 e. The zero-order chi connectivity index (χ0) is 14.0. The summed E-state index contributed by atoms with van der Waals surface area (Å²) in [5.74, 6) is 0.532. The van der Waals surface area contributed by atoms with Gasteiger partial charge in [-0.3, -0.25) is 0 Å². The van der Waals surface area contributed by atoms with Gasteiger partial charge in [-0.25, -0.2) is 0 Å². The van der Waals surface area contributed by atoms with Crippen LogP contribution in [0, 0.1) is 5.92 Å². The van der Waals surface area contributed by atoms with Crippen molar-refractivity contribution in [1.82, 2.24) is 4.90 Å². The van der Waals surface area contributed by atoms with E-state index in [-0.39, 0.29) is 0 Å². The van der Waals surface area contributed by atoms with E-state index in [2.05, 4.69) is 87.2 Å². The van der Waals surface area contributed by atoms with Gasteiger partial charge in [-0.05, 0) is 19.7 Å². The van der Waals surface area contributed by atoms with Gasteiger partial charge in [-0.2, -0.15) is 0 Å². The number of hydrogen-bond donors (Lipinski definition) is 0. The molecule has 0 radical (unpaired) electrons. The fourth-order valence-electron chi connectivity index (χ4n) is 3.00. The van der Waals surface area contributed by atoms with E-state index in [0.717, 1.165) is 0 Å². The maximum Gasteiger partial charge on any atom is 0.0733 e. The standard InChI is InChI=1S/C17H25NSi/c1-18(2)17(14-10-7-6-8-11-14)15-12-9-13-16(15)19(3,4)5/h6-13,15,17H,1-5H3/t15?,17-/m0/s1. The van der Waals surface area contributed by atoms with Crippen LogP contribution in [0.3, 0.4) is 0 Å². The van der Waals surface area contributed by atoms with Gasteiger partial charge >= 0.3 is 0 Å². The monoisotopic (exact) mass is 271 g/mol. The van der Waals surface area contributed by atoms with Gasteiger partial charge < -0.3 is 4.90 Å². The Labute approximate surface area is 118 Å².